The summed E-state index contributed by atoms with van der Waals surface area (Å²) in [5, 5.41) is 3.58. The van der Waals surface area contributed by atoms with E-state index in [2.05, 4.69) is 39.9 Å². The number of benzene rings is 1. The Hall–Kier alpha value is -0.853. The molecule has 2 unspecified atom stereocenters. The minimum absolute atomic E-state index is 0.281. The minimum atomic E-state index is -4.37. The molecule has 1 aromatic carbocycles. The van der Waals surface area contributed by atoms with Crippen molar-refractivity contribution in [3.05, 3.63) is 35.4 Å². The van der Waals surface area contributed by atoms with Crippen molar-refractivity contribution in [3.63, 3.8) is 0 Å². The quantitative estimate of drug-likeness (QED) is 0.438. The van der Waals surface area contributed by atoms with Crippen LogP contribution in [-0.2, 0) is 10.6 Å². The third-order valence-corrected chi connectivity index (χ3v) is 12.5. The first kappa shape index (κ1) is 22.8. The average Bonchev–Trinajstić information content (AvgIpc) is 3.02. The van der Waals surface area contributed by atoms with E-state index in [1.54, 1.807) is 12.1 Å². The molecule has 0 saturated heterocycles. The second-order valence-corrected chi connectivity index (χ2v) is 14.3. The summed E-state index contributed by atoms with van der Waals surface area (Å²) in [6.45, 7) is 11.5. The van der Waals surface area contributed by atoms with Crippen LogP contribution in [-0.4, -0.2) is 20.9 Å². The molecule has 2 nitrogen and oxygen atoms in total. The second kappa shape index (κ2) is 8.35. The van der Waals surface area contributed by atoms with E-state index >= 15 is 0 Å². The first-order valence-electron chi connectivity index (χ1n) is 11.1. The SMILES string of the molecule is CC[Si](CC)(CC)OC(CNC1C[C@@H]2[C@H](C1)C2(C)C)c1ccccc1C(F)(F)F. The van der Waals surface area contributed by atoms with Gasteiger partial charge in [-0.05, 0) is 59.9 Å². The van der Waals surface area contributed by atoms with Gasteiger partial charge in [0, 0.05) is 12.6 Å². The largest absolute Gasteiger partial charge is 0.416 e. The van der Waals surface area contributed by atoms with E-state index in [-0.39, 0.29) is 5.56 Å². The normalized spacial score (nSPS) is 27.0. The van der Waals surface area contributed by atoms with Gasteiger partial charge in [0.25, 0.3) is 0 Å². The lowest BCUT2D eigenvalue weighted by molar-refractivity contribution is -0.139. The molecule has 1 aromatic rings. The topological polar surface area (TPSA) is 21.3 Å². The van der Waals surface area contributed by atoms with Gasteiger partial charge >= 0.3 is 6.18 Å². The lowest BCUT2D eigenvalue weighted by atomic mass is 9.97. The van der Waals surface area contributed by atoms with E-state index in [9.17, 15) is 13.2 Å². The maximum atomic E-state index is 13.7. The summed E-state index contributed by atoms with van der Waals surface area (Å²) in [7, 11) is -2.06. The summed E-state index contributed by atoms with van der Waals surface area (Å²) >= 11 is 0. The maximum Gasteiger partial charge on any atom is 0.416 e. The van der Waals surface area contributed by atoms with Crippen molar-refractivity contribution >= 4 is 8.32 Å². The molecule has 4 atom stereocenters. The highest BCUT2D eigenvalue weighted by Crippen LogP contribution is 2.66. The molecule has 0 spiro atoms. The molecule has 0 bridgehead atoms. The van der Waals surface area contributed by atoms with E-state index in [4.69, 9.17) is 4.43 Å². The van der Waals surface area contributed by atoms with Crippen LogP contribution in [0.3, 0.4) is 0 Å². The fraction of sp³-hybridized carbons (Fsp3) is 0.739. The van der Waals surface area contributed by atoms with Crippen LogP contribution in [0.1, 0.15) is 64.7 Å². The molecule has 3 rings (SSSR count). The van der Waals surface area contributed by atoms with Crippen molar-refractivity contribution < 1.29 is 17.6 Å². The van der Waals surface area contributed by atoms with E-state index in [1.807, 2.05) is 0 Å². The molecule has 2 aliphatic carbocycles. The fourth-order valence-electron chi connectivity index (χ4n) is 5.50. The maximum absolute atomic E-state index is 13.7. The Morgan fingerprint density at radius 2 is 1.62 bits per heavy atom. The van der Waals surface area contributed by atoms with Crippen molar-refractivity contribution in [2.75, 3.05) is 6.54 Å². The molecule has 0 radical (unpaired) electrons. The van der Waals surface area contributed by atoms with Crippen LogP contribution in [0.4, 0.5) is 13.2 Å². The van der Waals surface area contributed by atoms with E-state index in [0.717, 1.165) is 42.8 Å². The van der Waals surface area contributed by atoms with Gasteiger partial charge in [-0.15, -0.1) is 0 Å². The summed E-state index contributed by atoms with van der Waals surface area (Å²) in [6.07, 6.45) is -2.66. The lowest BCUT2D eigenvalue weighted by Crippen LogP contribution is -2.42. The molecule has 0 heterocycles. The highest BCUT2D eigenvalue weighted by molar-refractivity contribution is 6.73. The van der Waals surface area contributed by atoms with Gasteiger partial charge in [0.1, 0.15) is 0 Å². The van der Waals surface area contributed by atoms with Gasteiger partial charge in [0.15, 0.2) is 8.32 Å². The Bertz CT molecular complexity index is 679. The van der Waals surface area contributed by atoms with Crippen LogP contribution in [0.5, 0.6) is 0 Å². The summed E-state index contributed by atoms with van der Waals surface area (Å²) < 4.78 is 47.7. The Balaban J connectivity index is 1.80. The molecule has 0 amide bonds. The van der Waals surface area contributed by atoms with E-state index in [0.29, 0.717) is 18.0 Å². The second-order valence-electron chi connectivity index (χ2n) is 9.55. The van der Waals surface area contributed by atoms with Gasteiger partial charge in [-0.3, -0.25) is 0 Å². The molecular formula is C23H36F3NOSi. The molecule has 6 heteroatoms. The van der Waals surface area contributed by atoms with Crippen LogP contribution >= 0.6 is 0 Å². The number of rotatable bonds is 9. The van der Waals surface area contributed by atoms with Crippen molar-refractivity contribution in [1.82, 2.24) is 5.32 Å². The van der Waals surface area contributed by atoms with Gasteiger partial charge in [-0.1, -0.05) is 52.8 Å². The zero-order valence-electron chi connectivity index (χ0n) is 18.4. The first-order valence-corrected chi connectivity index (χ1v) is 13.7. The summed E-state index contributed by atoms with van der Waals surface area (Å²) in [4.78, 5) is 0. The number of nitrogens with one attached hydrogen (secondary N) is 1. The molecule has 164 valence electrons. The molecule has 0 aliphatic heterocycles. The van der Waals surface area contributed by atoms with Crippen molar-refractivity contribution in [1.29, 1.82) is 0 Å². The predicted molar refractivity (Wildman–Crippen MR) is 114 cm³/mol. The predicted octanol–water partition coefficient (Wildman–Crippen LogP) is 6.79. The number of halogens is 3. The molecule has 2 fully saturated rings. The molecule has 2 saturated carbocycles. The zero-order valence-corrected chi connectivity index (χ0v) is 19.4. The summed E-state index contributed by atoms with van der Waals surface area (Å²) in [6, 6.07) is 9.11. The van der Waals surface area contributed by atoms with Gasteiger partial charge < -0.3 is 9.74 Å². The standard InChI is InChI=1S/C23H36F3NOSi/c1-6-29(7-2,8-3)28-21(17-11-9-10-12-18(17)23(24,25)26)15-27-16-13-19-20(14-16)22(19,4)5/h9-12,16,19-21,27H,6-8,13-15H2,1-5H3/t16?,19-,20+,21?. The van der Waals surface area contributed by atoms with Crippen molar-refractivity contribution in [2.45, 2.75) is 83.9 Å². The number of hydrogen-bond donors (Lipinski definition) is 1. The number of alkyl halides is 3. The van der Waals surface area contributed by atoms with Crippen LogP contribution in [0.2, 0.25) is 18.1 Å². The molecule has 1 N–H and O–H groups in total. The Morgan fingerprint density at radius 3 is 2.14 bits per heavy atom. The molecular weight excluding hydrogens is 391 g/mol. The third-order valence-electron chi connectivity index (χ3n) is 7.90. The monoisotopic (exact) mass is 427 g/mol. The average molecular weight is 428 g/mol. The highest BCUT2D eigenvalue weighted by atomic mass is 28.4. The van der Waals surface area contributed by atoms with Crippen LogP contribution in [0, 0.1) is 17.3 Å². The Kier molecular flexibility index (Phi) is 6.57. The smallest absolute Gasteiger partial charge is 0.409 e. The van der Waals surface area contributed by atoms with Crippen LogP contribution < -0.4 is 5.32 Å². The summed E-state index contributed by atoms with van der Waals surface area (Å²) in [5.74, 6) is 1.52. The Morgan fingerprint density at radius 1 is 1.07 bits per heavy atom. The molecule has 0 aromatic heterocycles. The lowest BCUT2D eigenvalue weighted by Gasteiger charge is -2.35. The van der Waals surface area contributed by atoms with Crippen LogP contribution in [0.15, 0.2) is 24.3 Å². The minimum Gasteiger partial charge on any atom is -0.409 e. The third kappa shape index (κ3) is 4.59. The van der Waals surface area contributed by atoms with E-state index in [1.165, 1.54) is 12.1 Å². The van der Waals surface area contributed by atoms with Gasteiger partial charge in [0.05, 0.1) is 11.7 Å². The fourth-order valence-corrected chi connectivity index (χ4v) is 8.31. The van der Waals surface area contributed by atoms with E-state index < -0.39 is 26.2 Å². The zero-order chi connectivity index (χ0) is 21.4. The highest BCUT2D eigenvalue weighted by Gasteiger charge is 2.61. The van der Waals surface area contributed by atoms with Crippen molar-refractivity contribution in [2.24, 2.45) is 17.3 Å². The number of fused-ring (bicyclic) bond motifs is 1. The molecule has 2 aliphatic rings. The summed E-state index contributed by atoms with van der Waals surface area (Å²) in [5.41, 5.74) is 0.169. The van der Waals surface area contributed by atoms with Crippen molar-refractivity contribution in [3.8, 4) is 0 Å². The first-order chi connectivity index (χ1) is 13.6. The van der Waals surface area contributed by atoms with Gasteiger partial charge in [-0.25, -0.2) is 0 Å². The Labute approximate surface area is 174 Å². The molecule has 29 heavy (non-hydrogen) atoms. The van der Waals surface area contributed by atoms with Crippen LogP contribution in [0.25, 0.3) is 0 Å². The number of hydrogen-bond acceptors (Lipinski definition) is 2. The van der Waals surface area contributed by atoms with Gasteiger partial charge in [-0.2, -0.15) is 13.2 Å². The van der Waals surface area contributed by atoms with Gasteiger partial charge in [0.2, 0.25) is 0 Å².